The molecule has 0 aliphatic carbocycles. The van der Waals surface area contributed by atoms with Crippen molar-refractivity contribution in [1.29, 1.82) is 0 Å². The van der Waals surface area contributed by atoms with Gasteiger partial charge in [-0.15, -0.1) is 10.2 Å². The summed E-state index contributed by atoms with van der Waals surface area (Å²) >= 11 is 7.52. The quantitative estimate of drug-likeness (QED) is 0.392. The standard InChI is InChI=1S/C18H13ClN4O2S/c1-23-17(24)12-7-3-5-9-14(12)20-18(23)26-10-15-21-22-16(25-15)11-6-2-4-8-13(11)19/h2-9H,10H2,1H3. The topological polar surface area (TPSA) is 73.8 Å². The Morgan fingerprint density at radius 3 is 2.73 bits per heavy atom. The van der Waals surface area contributed by atoms with E-state index >= 15 is 0 Å². The van der Waals surface area contributed by atoms with Gasteiger partial charge in [-0.3, -0.25) is 9.36 Å². The van der Waals surface area contributed by atoms with E-state index in [2.05, 4.69) is 15.2 Å². The third-order valence-electron chi connectivity index (χ3n) is 3.84. The molecule has 4 rings (SSSR count). The second-order valence-electron chi connectivity index (χ2n) is 5.55. The first-order valence-electron chi connectivity index (χ1n) is 7.79. The molecule has 0 bridgehead atoms. The van der Waals surface area contributed by atoms with Crippen molar-refractivity contribution in [2.24, 2.45) is 7.05 Å². The molecule has 0 fully saturated rings. The number of rotatable bonds is 4. The minimum absolute atomic E-state index is 0.0830. The Morgan fingerprint density at radius 1 is 1.12 bits per heavy atom. The minimum Gasteiger partial charge on any atom is -0.420 e. The van der Waals surface area contributed by atoms with Gasteiger partial charge in [0.25, 0.3) is 5.56 Å². The summed E-state index contributed by atoms with van der Waals surface area (Å²) in [6.07, 6.45) is 0. The van der Waals surface area contributed by atoms with E-state index in [1.54, 1.807) is 19.2 Å². The van der Waals surface area contributed by atoms with Crippen LogP contribution in [-0.2, 0) is 12.8 Å². The lowest BCUT2D eigenvalue weighted by Crippen LogP contribution is -2.19. The van der Waals surface area contributed by atoms with Crippen LogP contribution in [0, 0.1) is 0 Å². The molecule has 0 saturated carbocycles. The summed E-state index contributed by atoms with van der Waals surface area (Å²) in [4.78, 5) is 17.0. The summed E-state index contributed by atoms with van der Waals surface area (Å²) in [5.74, 6) is 1.20. The van der Waals surface area contributed by atoms with E-state index in [1.807, 2.05) is 36.4 Å². The largest absolute Gasteiger partial charge is 0.420 e. The van der Waals surface area contributed by atoms with Crippen LogP contribution in [0.3, 0.4) is 0 Å². The molecule has 0 saturated heterocycles. The molecule has 0 unspecified atom stereocenters. The lowest BCUT2D eigenvalue weighted by atomic mass is 10.2. The molecule has 4 aromatic rings. The van der Waals surface area contributed by atoms with Crippen molar-refractivity contribution in [1.82, 2.24) is 19.7 Å². The van der Waals surface area contributed by atoms with Crippen LogP contribution in [0.1, 0.15) is 5.89 Å². The third kappa shape index (κ3) is 3.11. The van der Waals surface area contributed by atoms with Crippen LogP contribution in [0.15, 0.2) is 62.9 Å². The van der Waals surface area contributed by atoms with E-state index in [0.29, 0.717) is 44.2 Å². The Balaban J connectivity index is 1.59. The van der Waals surface area contributed by atoms with Crippen LogP contribution in [-0.4, -0.2) is 19.7 Å². The Bertz CT molecular complexity index is 1160. The first-order valence-corrected chi connectivity index (χ1v) is 9.15. The van der Waals surface area contributed by atoms with Gasteiger partial charge in [0, 0.05) is 7.05 Å². The summed E-state index contributed by atoms with van der Waals surface area (Å²) in [5.41, 5.74) is 1.27. The molecular weight excluding hydrogens is 372 g/mol. The van der Waals surface area contributed by atoms with E-state index in [0.717, 1.165) is 0 Å². The van der Waals surface area contributed by atoms with E-state index in [9.17, 15) is 4.79 Å². The van der Waals surface area contributed by atoms with E-state index in [4.69, 9.17) is 16.0 Å². The highest BCUT2D eigenvalue weighted by molar-refractivity contribution is 7.98. The molecule has 0 aliphatic rings. The number of aromatic nitrogens is 4. The molecule has 26 heavy (non-hydrogen) atoms. The average molecular weight is 385 g/mol. The average Bonchev–Trinajstić information content (AvgIpc) is 3.13. The van der Waals surface area contributed by atoms with Crippen LogP contribution >= 0.6 is 23.4 Å². The van der Waals surface area contributed by atoms with Crippen LogP contribution in [0.5, 0.6) is 0 Å². The zero-order valence-electron chi connectivity index (χ0n) is 13.7. The molecule has 6 nitrogen and oxygen atoms in total. The monoisotopic (exact) mass is 384 g/mol. The summed E-state index contributed by atoms with van der Waals surface area (Å²) in [5, 5.41) is 9.83. The maximum atomic E-state index is 12.4. The van der Waals surface area contributed by atoms with Crippen LogP contribution < -0.4 is 5.56 Å². The zero-order chi connectivity index (χ0) is 18.1. The molecular formula is C18H13ClN4O2S. The number of nitrogens with zero attached hydrogens (tertiary/aromatic N) is 4. The van der Waals surface area contributed by atoms with Gasteiger partial charge >= 0.3 is 0 Å². The van der Waals surface area contributed by atoms with Crippen LogP contribution in [0.25, 0.3) is 22.4 Å². The van der Waals surface area contributed by atoms with Crippen LogP contribution in [0.2, 0.25) is 5.02 Å². The molecule has 0 atom stereocenters. The van der Waals surface area contributed by atoms with Gasteiger partial charge in [-0.1, -0.05) is 47.6 Å². The number of halogens is 1. The summed E-state index contributed by atoms with van der Waals surface area (Å²) in [6, 6.07) is 14.6. The molecule has 8 heteroatoms. The molecule has 0 spiro atoms. The SMILES string of the molecule is Cn1c(SCc2nnc(-c3ccccc3Cl)o2)nc2ccccc2c1=O. The predicted molar refractivity (Wildman–Crippen MR) is 101 cm³/mol. The highest BCUT2D eigenvalue weighted by atomic mass is 35.5. The van der Waals surface area contributed by atoms with Gasteiger partial charge in [0.15, 0.2) is 5.16 Å². The lowest BCUT2D eigenvalue weighted by Gasteiger charge is -2.07. The van der Waals surface area contributed by atoms with E-state index < -0.39 is 0 Å². The number of benzene rings is 2. The van der Waals surface area contributed by atoms with Crippen molar-refractivity contribution in [3.8, 4) is 11.5 Å². The van der Waals surface area contributed by atoms with Gasteiger partial charge < -0.3 is 4.42 Å². The van der Waals surface area contributed by atoms with Gasteiger partial charge in [0.2, 0.25) is 11.8 Å². The molecule has 130 valence electrons. The summed E-state index contributed by atoms with van der Waals surface area (Å²) < 4.78 is 7.21. The highest BCUT2D eigenvalue weighted by Crippen LogP contribution is 2.28. The Morgan fingerprint density at radius 2 is 1.88 bits per heavy atom. The first kappa shape index (κ1) is 16.8. The van der Waals surface area contributed by atoms with E-state index in [-0.39, 0.29) is 5.56 Å². The number of fused-ring (bicyclic) bond motifs is 1. The van der Waals surface area contributed by atoms with Crippen molar-refractivity contribution in [2.45, 2.75) is 10.9 Å². The molecule has 0 N–H and O–H groups in total. The van der Waals surface area contributed by atoms with Gasteiger partial charge in [-0.2, -0.15) is 0 Å². The fraction of sp³-hybridized carbons (Fsp3) is 0.111. The Labute approximate surface area is 157 Å². The fourth-order valence-corrected chi connectivity index (χ4v) is 3.53. The molecule has 2 aromatic heterocycles. The van der Waals surface area contributed by atoms with Crippen molar-refractivity contribution >= 4 is 34.3 Å². The number of thioether (sulfide) groups is 1. The normalized spacial score (nSPS) is 11.2. The molecule has 0 aliphatic heterocycles. The zero-order valence-corrected chi connectivity index (χ0v) is 15.3. The minimum atomic E-state index is -0.0830. The maximum Gasteiger partial charge on any atom is 0.261 e. The highest BCUT2D eigenvalue weighted by Gasteiger charge is 2.14. The van der Waals surface area contributed by atoms with Gasteiger partial charge in [0.05, 0.1) is 27.2 Å². The Hall–Kier alpha value is -2.64. The van der Waals surface area contributed by atoms with Crippen molar-refractivity contribution in [2.75, 3.05) is 0 Å². The van der Waals surface area contributed by atoms with Crippen molar-refractivity contribution in [3.63, 3.8) is 0 Å². The molecule has 0 radical (unpaired) electrons. The second-order valence-corrected chi connectivity index (χ2v) is 6.89. The summed E-state index contributed by atoms with van der Waals surface area (Å²) in [7, 11) is 1.70. The van der Waals surface area contributed by atoms with Gasteiger partial charge in [0.1, 0.15) is 0 Å². The molecule has 2 aromatic carbocycles. The number of hydrogen-bond acceptors (Lipinski definition) is 6. The maximum absolute atomic E-state index is 12.4. The number of hydrogen-bond donors (Lipinski definition) is 0. The number of para-hydroxylation sites is 1. The first-order chi connectivity index (χ1) is 12.6. The van der Waals surface area contributed by atoms with Gasteiger partial charge in [-0.05, 0) is 24.3 Å². The molecule has 0 amide bonds. The van der Waals surface area contributed by atoms with Crippen LogP contribution in [0.4, 0.5) is 0 Å². The molecule has 2 heterocycles. The van der Waals surface area contributed by atoms with Crippen molar-refractivity contribution < 1.29 is 4.42 Å². The smallest absolute Gasteiger partial charge is 0.261 e. The van der Waals surface area contributed by atoms with E-state index in [1.165, 1.54) is 16.3 Å². The van der Waals surface area contributed by atoms with Gasteiger partial charge in [-0.25, -0.2) is 4.98 Å². The fourth-order valence-electron chi connectivity index (χ4n) is 2.51. The Kier molecular flexibility index (Phi) is 4.48. The second kappa shape index (κ2) is 6.93. The van der Waals surface area contributed by atoms with Crippen molar-refractivity contribution in [3.05, 3.63) is 69.8 Å². The third-order valence-corrected chi connectivity index (χ3v) is 5.18. The lowest BCUT2D eigenvalue weighted by molar-refractivity contribution is 0.528. The summed E-state index contributed by atoms with van der Waals surface area (Å²) in [6.45, 7) is 0. The predicted octanol–water partition coefficient (Wildman–Crippen LogP) is 3.93.